The van der Waals surface area contributed by atoms with Crippen LogP contribution in [0.4, 0.5) is 0 Å². The summed E-state index contributed by atoms with van der Waals surface area (Å²) in [6, 6.07) is 0. The molecule has 0 amide bonds. The van der Waals surface area contributed by atoms with E-state index in [2.05, 4.69) is 56.4 Å². The second kappa shape index (κ2) is 8.40. The molecule has 0 aromatic rings. The first-order valence-corrected chi connectivity index (χ1v) is 5.65. The zero-order valence-corrected chi connectivity index (χ0v) is 10.3. The third kappa shape index (κ3) is 155. The zero-order chi connectivity index (χ0) is 6.50. The molecule has 1 nitrogen and oxygen atoms in total. The van der Waals surface area contributed by atoms with Crippen LogP contribution in [0, 0.1) is 0 Å². The monoisotopic (exact) mass is 311 g/mol. The Morgan fingerprint density at radius 2 is 0.875 bits per heavy atom. The van der Waals surface area contributed by atoms with Gasteiger partial charge >= 0.3 is 0 Å². The van der Waals surface area contributed by atoms with Crippen LogP contribution in [0.5, 0.6) is 0 Å². The molecule has 0 aliphatic rings. The molecule has 0 aromatic heterocycles. The fraction of sp³-hybridized carbons (Fsp3) is 1.00. The highest BCUT2D eigenvalue weighted by Gasteiger charge is 1.88. The quantitative estimate of drug-likeness (QED) is 0.504. The second-order valence-electron chi connectivity index (χ2n) is 2.68. The number of nitrogens with zero attached hydrogens (tertiary/aromatic N) is 1. The van der Waals surface area contributed by atoms with Gasteiger partial charge in [0.15, 0.2) is 0 Å². The molecule has 0 bridgehead atoms. The van der Waals surface area contributed by atoms with Gasteiger partial charge in [0.05, 0.1) is 28.2 Å². The predicted octanol–water partition coefficient (Wildman–Crippen LogP) is -0.982. The smallest absolute Gasteiger partial charge is 0.0675 e. The van der Waals surface area contributed by atoms with Gasteiger partial charge < -0.3 is 21.5 Å². The molecule has 0 spiro atoms. The highest BCUT2D eigenvalue weighted by molar-refractivity contribution is 9.93. The van der Waals surface area contributed by atoms with Crippen molar-refractivity contribution in [1.82, 2.24) is 0 Å². The highest BCUT2D eigenvalue weighted by atomic mass is 80.9. The van der Waals surface area contributed by atoms with Crippen LogP contribution in [0.2, 0.25) is 0 Å². The van der Waals surface area contributed by atoms with Crippen molar-refractivity contribution in [2.24, 2.45) is 0 Å². The minimum atomic E-state index is 0. The number of hydrogen-bond donors (Lipinski definition) is 0. The summed E-state index contributed by atoms with van der Waals surface area (Å²) in [6.45, 7) is 0. The van der Waals surface area contributed by atoms with E-state index in [4.69, 9.17) is 0 Å². The van der Waals surface area contributed by atoms with Crippen molar-refractivity contribution in [3.05, 3.63) is 0 Å². The summed E-state index contributed by atoms with van der Waals surface area (Å²) in [5.74, 6) is 0. The van der Waals surface area contributed by atoms with E-state index in [1.54, 1.807) is 0 Å². The summed E-state index contributed by atoms with van der Waals surface area (Å²) in [5.41, 5.74) is 0. The lowest BCUT2D eigenvalue weighted by Gasteiger charge is -2.14. The largest absolute Gasteiger partial charge is 1.00 e. The van der Waals surface area contributed by atoms with E-state index in [0.717, 1.165) is 4.48 Å². The lowest BCUT2D eigenvalue weighted by atomic mass is 10.8. The van der Waals surface area contributed by atoms with Crippen LogP contribution in [0.25, 0.3) is 0 Å². The molecular weight excluding hydrogens is 302 g/mol. The van der Waals surface area contributed by atoms with E-state index in [9.17, 15) is 0 Å². The van der Waals surface area contributed by atoms with Crippen LogP contribution >= 0.6 is 28.3 Å². The molecule has 0 rings (SSSR count). The SMILES string of the molecule is BrBr.C[N+](C)(C)C.[Br-]. The Hall–Kier alpha value is 1.40. The number of rotatable bonds is 0. The van der Waals surface area contributed by atoms with Crippen molar-refractivity contribution in [3.8, 4) is 0 Å². The summed E-state index contributed by atoms with van der Waals surface area (Å²) in [7, 11) is 8.50. The highest BCUT2D eigenvalue weighted by Crippen LogP contribution is 1.85. The molecule has 0 aliphatic carbocycles. The molecule has 0 atom stereocenters. The predicted molar refractivity (Wildman–Crippen MR) is 41.8 cm³/mol. The Labute approximate surface area is 77.6 Å². The summed E-state index contributed by atoms with van der Waals surface area (Å²) in [6.07, 6.45) is 0. The maximum Gasteiger partial charge on any atom is 0.0675 e. The topological polar surface area (TPSA) is 0 Å². The average Bonchev–Trinajstić information content (AvgIpc) is 1.36. The molecule has 0 unspecified atom stereocenters. The van der Waals surface area contributed by atoms with E-state index >= 15 is 0 Å². The van der Waals surface area contributed by atoms with Gasteiger partial charge in [-0.1, -0.05) is 0 Å². The minimum absolute atomic E-state index is 0. The first-order valence-electron chi connectivity index (χ1n) is 1.93. The van der Waals surface area contributed by atoms with Gasteiger partial charge in [0.1, 0.15) is 0 Å². The summed E-state index contributed by atoms with van der Waals surface area (Å²) in [4.78, 5) is 0. The molecule has 0 fully saturated rings. The molecule has 0 aliphatic heterocycles. The molecule has 0 N–H and O–H groups in total. The van der Waals surface area contributed by atoms with Gasteiger partial charge in [-0.2, -0.15) is 0 Å². The van der Waals surface area contributed by atoms with Gasteiger partial charge in [-0.05, 0) is 0 Å². The van der Waals surface area contributed by atoms with E-state index < -0.39 is 0 Å². The lowest BCUT2D eigenvalue weighted by Crippen LogP contribution is -3.00. The van der Waals surface area contributed by atoms with Crippen LogP contribution in [-0.2, 0) is 0 Å². The first-order chi connectivity index (χ1) is 3.00. The summed E-state index contributed by atoms with van der Waals surface area (Å²) < 4.78 is 1.00. The molecule has 0 saturated carbocycles. The van der Waals surface area contributed by atoms with Crippen LogP contribution < -0.4 is 17.0 Å². The van der Waals surface area contributed by atoms with Crippen LogP contribution in [-0.4, -0.2) is 32.7 Å². The average molecular weight is 314 g/mol. The lowest BCUT2D eigenvalue weighted by molar-refractivity contribution is -0.849. The molecule has 0 aromatic carbocycles. The van der Waals surface area contributed by atoms with Crippen molar-refractivity contribution < 1.29 is 21.5 Å². The third-order valence-corrected chi connectivity index (χ3v) is 0. The van der Waals surface area contributed by atoms with Gasteiger partial charge in [0.25, 0.3) is 0 Å². The van der Waals surface area contributed by atoms with Crippen molar-refractivity contribution in [3.63, 3.8) is 0 Å². The molecule has 4 heteroatoms. The van der Waals surface area contributed by atoms with Crippen LogP contribution in [0.15, 0.2) is 0 Å². The number of quaternary nitrogens is 1. The second-order valence-corrected chi connectivity index (χ2v) is 2.68. The Balaban J connectivity index is -0.0000000750. The fourth-order valence-corrected chi connectivity index (χ4v) is 0. The number of hydrogen-bond acceptors (Lipinski definition) is 0. The molecule has 54 valence electrons. The Bertz CT molecular complexity index is 26.8. The molecule has 0 radical (unpaired) electrons. The summed E-state index contributed by atoms with van der Waals surface area (Å²) >= 11 is 5.50. The fourth-order valence-electron chi connectivity index (χ4n) is 0. The van der Waals surface area contributed by atoms with Crippen molar-refractivity contribution in [2.45, 2.75) is 0 Å². The van der Waals surface area contributed by atoms with Crippen LogP contribution in [0.1, 0.15) is 0 Å². The van der Waals surface area contributed by atoms with Gasteiger partial charge in [-0.25, -0.2) is 0 Å². The van der Waals surface area contributed by atoms with Gasteiger partial charge in [0, 0.05) is 28.3 Å². The Kier molecular flexibility index (Phi) is 17.0. The normalized spacial score (nSPS) is 8.25. The van der Waals surface area contributed by atoms with Gasteiger partial charge in [-0.15, -0.1) is 0 Å². The molecule has 0 heterocycles. The third-order valence-electron chi connectivity index (χ3n) is 0. The maximum absolute atomic E-state index is 2.75. The maximum atomic E-state index is 2.75. The molecule has 0 saturated heterocycles. The van der Waals surface area contributed by atoms with Crippen molar-refractivity contribution in [1.29, 1.82) is 0 Å². The Morgan fingerprint density at radius 3 is 0.875 bits per heavy atom. The molecule has 8 heavy (non-hydrogen) atoms. The summed E-state index contributed by atoms with van der Waals surface area (Å²) in [5, 5.41) is 0. The standard InChI is InChI=1S/C4H12N.Br2.BrH/c1-5(2,3)4;1-2;/h1-4H3;;1H/q+1;;/p-1. The van der Waals surface area contributed by atoms with Gasteiger partial charge in [0.2, 0.25) is 0 Å². The number of halogens is 3. The van der Waals surface area contributed by atoms with E-state index in [-0.39, 0.29) is 17.0 Å². The van der Waals surface area contributed by atoms with Crippen molar-refractivity contribution in [2.75, 3.05) is 28.2 Å². The van der Waals surface area contributed by atoms with Crippen molar-refractivity contribution >= 4 is 28.3 Å². The van der Waals surface area contributed by atoms with Gasteiger partial charge in [-0.3, -0.25) is 0 Å². The van der Waals surface area contributed by atoms with Crippen LogP contribution in [0.3, 0.4) is 0 Å². The van der Waals surface area contributed by atoms with E-state index in [1.165, 1.54) is 0 Å². The first kappa shape index (κ1) is 16.2. The molecular formula is C4H12Br3N. The van der Waals surface area contributed by atoms with E-state index in [1.807, 2.05) is 0 Å². The minimum Gasteiger partial charge on any atom is -1.00 e. The zero-order valence-electron chi connectivity index (χ0n) is 5.58. The van der Waals surface area contributed by atoms with E-state index in [0.29, 0.717) is 0 Å². The Morgan fingerprint density at radius 1 is 0.875 bits per heavy atom.